The number of nitrogens with zero attached hydrogens (tertiary/aromatic N) is 3. The van der Waals surface area contributed by atoms with Crippen LogP contribution in [0.2, 0.25) is 0 Å². The first-order valence-electron chi connectivity index (χ1n) is 10.2. The number of aromatic nitrogens is 2. The van der Waals surface area contributed by atoms with Crippen LogP contribution >= 0.6 is 11.3 Å². The van der Waals surface area contributed by atoms with Crippen LogP contribution in [0.5, 0.6) is 5.75 Å². The van der Waals surface area contributed by atoms with Crippen molar-refractivity contribution in [1.82, 2.24) is 14.9 Å². The molecule has 4 rings (SSSR count). The summed E-state index contributed by atoms with van der Waals surface area (Å²) in [6.07, 6.45) is 2.18. The highest BCUT2D eigenvalue weighted by atomic mass is 32.1. The number of likely N-dealkylation sites (tertiary alicyclic amines) is 1. The molecule has 0 aromatic carbocycles. The van der Waals surface area contributed by atoms with Gasteiger partial charge in [0.25, 0.3) is 0 Å². The van der Waals surface area contributed by atoms with Gasteiger partial charge < -0.3 is 14.6 Å². The van der Waals surface area contributed by atoms with E-state index in [9.17, 15) is 13.2 Å². The van der Waals surface area contributed by atoms with Crippen LogP contribution in [0, 0.1) is 12.3 Å². The van der Waals surface area contributed by atoms with Gasteiger partial charge in [0.05, 0.1) is 30.1 Å². The summed E-state index contributed by atoms with van der Waals surface area (Å²) >= 11 is 1.77. The van der Waals surface area contributed by atoms with E-state index in [1.54, 1.807) is 23.7 Å². The van der Waals surface area contributed by atoms with Gasteiger partial charge in [-0.2, -0.15) is 13.2 Å². The normalized spacial score (nSPS) is 20.6. The highest BCUT2D eigenvalue weighted by Gasteiger charge is 2.42. The molecule has 2 fully saturated rings. The number of carbonyl (C=O) groups is 1. The van der Waals surface area contributed by atoms with E-state index >= 15 is 0 Å². The van der Waals surface area contributed by atoms with Crippen molar-refractivity contribution < 1.29 is 32.5 Å². The molecule has 0 bridgehead atoms. The largest absolute Gasteiger partial charge is 0.490 e. The molecule has 0 saturated carbocycles. The smallest absolute Gasteiger partial charge is 0.489 e. The highest BCUT2D eigenvalue weighted by Crippen LogP contribution is 2.42. The third-order valence-electron chi connectivity index (χ3n) is 5.73. The van der Waals surface area contributed by atoms with Gasteiger partial charge >= 0.3 is 12.1 Å². The maximum Gasteiger partial charge on any atom is 0.490 e. The number of carboxylic acids is 1. The molecule has 2 aliphatic heterocycles. The fraction of sp³-hybridized carbons (Fsp3) is 0.571. The second kappa shape index (κ2) is 10.6. The van der Waals surface area contributed by atoms with Crippen molar-refractivity contribution >= 4 is 17.3 Å². The molecule has 11 heteroatoms. The number of hydrogen-bond acceptors (Lipinski definition) is 7. The summed E-state index contributed by atoms with van der Waals surface area (Å²) < 4.78 is 43.6. The first-order chi connectivity index (χ1) is 15.2. The third-order valence-corrected chi connectivity index (χ3v) is 6.65. The molecule has 0 radical (unpaired) electrons. The molecule has 32 heavy (non-hydrogen) atoms. The van der Waals surface area contributed by atoms with Crippen LogP contribution in [0.25, 0.3) is 0 Å². The van der Waals surface area contributed by atoms with E-state index in [0.717, 1.165) is 38.4 Å². The van der Waals surface area contributed by atoms with Gasteiger partial charge in [0.2, 0.25) is 0 Å². The molecule has 2 aliphatic rings. The molecule has 2 aromatic heterocycles. The number of alkyl halides is 3. The van der Waals surface area contributed by atoms with Gasteiger partial charge in [-0.15, -0.1) is 11.3 Å². The number of pyridine rings is 1. The summed E-state index contributed by atoms with van der Waals surface area (Å²) in [5.74, 6) is -1.94. The molecule has 0 amide bonds. The van der Waals surface area contributed by atoms with Gasteiger partial charge in [0.15, 0.2) is 0 Å². The Balaban J connectivity index is 0.000000360. The topological polar surface area (TPSA) is 84.8 Å². The second-order valence-electron chi connectivity index (χ2n) is 8.08. The lowest BCUT2D eigenvalue weighted by molar-refractivity contribution is -0.192. The summed E-state index contributed by atoms with van der Waals surface area (Å²) in [7, 11) is 0. The van der Waals surface area contributed by atoms with Crippen LogP contribution in [-0.2, 0) is 16.1 Å². The fourth-order valence-corrected chi connectivity index (χ4v) is 4.66. The minimum Gasteiger partial charge on any atom is -0.489 e. The lowest BCUT2D eigenvalue weighted by atomic mass is 9.76. The SMILES string of the molecule is Cc1ncsc1CN1CCC2(CC1)COC(COc1cccnc1)C2.O=C(O)C(F)(F)F. The predicted molar refractivity (Wildman–Crippen MR) is 112 cm³/mol. The van der Waals surface area contributed by atoms with Gasteiger partial charge in [-0.1, -0.05) is 0 Å². The van der Waals surface area contributed by atoms with Gasteiger partial charge in [0, 0.05) is 17.6 Å². The molecular weight excluding hydrogens is 447 g/mol. The number of rotatable bonds is 5. The Morgan fingerprint density at radius 2 is 2.12 bits per heavy atom. The van der Waals surface area contributed by atoms with Crippen LogP contribution in [0.3, 0.4) is 0 Å². The molecule has 1 N–H and O–H groups in total. The van der Waals surface area contributed by atoms with Gasteiger partial charge in [-0.3, -0.25) is 9.88 Å². The van der Waals surface area contributed by atoms with E-state index in [2.05, 4.69) is 21.8 Å². The molecule has 1 spiro atoms. The van der Waals surface area contributed by atoms with E-state index < -0.39 is 12.1 Å². The lowest BCUT2D eigenvalue weighted by Gasteiger charge is -2.38. The first kappa shape index (κ1) is 24.4. The molecule has 2 saturated heterocycles. The number of thiazole rings is 1. The summed E-state index contributed by atoms with van der Waals surface area (Å²) in [6, 6.07) is 3.84. The Hall–Kier alpha value is -2.24. The number of ether oxygens (including phenoxy) is 2. The van der Waals surface area contributed by atoms with Gasteiger partial charge in [0.1, 0.15) is 12.4 Å². The summed E-state index contributed by atoms with van der Waals surface area (Å²) in [4.78, 5) is 21.3. The Bertz CT molecular complexity index is 871. The zero-order valence-electron chi connectivity index (χ0n) is 17.7. The lowest BCUT2D eigenvalue weighted by Crippen LogP contribution is -2.40. The average Bonchev–Trinajstić information content (AvgIpc) is 3.35. The standard InChI is InChI=1S/C19H25N3O2S.C2HF3O2/c1-15-18(25-14-21-15)11-22-7-4-19(5-8-22)9-17(24-13-19)12-23-16-3-2-6-20-10-16;3-2(4,5)1(6)7/h2-3,6,10,14,17H,4-5,7-9,11-13H2,1H3;(H,6,7). The Morgan fingerprint density at radius 3 is 2.69 bits per heavy atom. The number of piperidine rings is 1. The first-order valence-corrected chi connectivity index (χ1v) is 11.1. The molecule has 2 aromatic rings. The number of aliphatic carboxylic acids is 1. The third kappa shape index (κ3) is 6.88. The number of aryl methyl sites for hydroxylation is 1. The molecular formula is C21H26F3N3O4S. The maximum absolute atomic E-state index is 10.6. The van der Waals surface area contributed by atoms with Crippen molar-refractivity contribution in [2.75, 3.05) is 26.3 Å². The average molecular weight is 474 g/mol. The Labute approximate surface area is 188 Å². The van der Waals surface area contributed by atoms with Crippen LogP contribution in [0.1, 0.15) is 29.8 Å². The minimum absolute atomic E-state index is 0.204. The van der Waals surface area contributed by atoms with Crippen LogP contribution in [0.4, 0.5) is 13.2 Å². The van der Waals surface area contributed by atoms with E-state index in [4.69, 9.17) is 19.4 Å². The van der Waals surface area contributed by atoms with Crippen LogP contribution in [-0.4, -0.2) is 64.5 Å². The van der Waals surface area contributed by atoms with Gasteiger partial charge in [-0.05, 0) is 56.8 Å². The zero-order chi connectivity index (χ0) is 23.2. The molecule has 1 atom stereocenters. The van der Waals surface area contributed by atoms with Crippen molar-refractivity contribution in [2.45, 2.75) is 45.0 Å². The number of halogens is 3. The molecule has 4 heterocycles. The van der Waals surface area contributed by atoms with E-state index in [1.807, 2.05) is 17.6 Å². The van der Waals surface area contributed by atoms with Crippen molar-refractivity contribution in [1.29, 1.82) is 0 Å². The van der Waals surface area contributed by atoms with Crippen molar-refractivity contribution in [3.63, 3.8) is 0 Å². The molecule has 0 aliphatic carbocycles. The van der Waals surface area contributed by atoms with E-state index in [0.29, 0.717) is 12.0 Å². The number of carboxylic acid groups (broad SMARTS) is 1. The summed E-state index contributed by atoms with van der Waals surface area (Å²) in [5, 5.41) is 7.12. The quantitative estimate of drug-likeness (QED) is 0.704. The van der Waals surface area contributed by atoms with Gasteiger partial charge in [-0.25, -0.2) is 9.78 Å². The molecule has 7 nitrogen and oxygen atoms in total. The summed E-state index contributed by atoms with van der Waals surface area (Å²) in [6.45, 7) is 6.95. The zero-order valence-corrected chi connectivity index (χ0v) is 18.5. The fourth-order valence-electron chi connectivity index (χ4n) is 3.84. The van der Waals surface area contributed by atoms with Crippen molar-refractivity contribution in [3.05, 3.63) is 40.6 Å². The monoisotopic (exact) mass is 473 g/mol. The minimum atomic E-state index is -5.08. The molecule has 176 valence electrons. The van der Waals surface area contributed by atoms with Crippen molar-refractivity contribution in [2.24, 2.45) is 5.41 Å². The highest BCUT2D eigenvalue weighted by molar-refractivity contribution is 7.09. The Morgan fingerprint density at radius 1 is 1.41 bits per heavy atom. The van der Waals surface area contributed by atoms with E-state index in [-0.39, 0.29) is 6.10 Å². The van der Waals surface area contributed by atoms with Crippen LogP contribution in [0.15, 0.2) is 30.0 Å². The van der Waals surface area contributed by atoms with E-state index in [1.165, 1.54) is 23.4 Å². The van der Waals surface area contributed by atoms with Crippen LogP contribution < -0.4 is 4.74 Å². The van der Waals surface area contributed by atoms with Crippen molar-refractivity contribution in [3.8, 4) is 5.75 Å². The number of hydrogen-bond donors (Lipinski definition) is 1. The predicted octanol–water partition coefficient (Wildman–Crippen LogP) is 3.93. The summed E-state index contributed by atoms with van der Waals surface area (Å²) in [5.41, 5.74) is 3.48. The maximum atomic E-state index is 10.6. The Kier molecular flexibility index (Phi) is 8.07. The second-order valence-corrected chi connectivity index (χ2v) is 9.02. The molecule has 1 unspecified atom stereocenters.